The predicted molar refractivity (Wildman–Crippen MR) is 87.4 cm³/mol. The molecule has 0 fully saturated rings. The Morgan fingerprint density at radius 2 is 1.90 bits per heavy atom. The number of nitrogens with one attached hydrogen (secondary N) is 1. The van der Waals surface area contributed by atoms with Crippen molar-refractivity contribution in [3.05, 3.63) is 64.9 Å². The number of nitrogens with zero attached hydrogens (tertiary/aromatic N) is 1. The van der Waals surface area contributed by atoms with Gasteiger partial charge in [0.15, 0.2) is 0 Å². The van der Waals surface area contributed by atoms with Crippen LogP contribution in [-0.2, 0) is 6.54 Å². The van der Waals surface area contributed by atoms with Crippen LogP contribution in [0.25, 0.3) is 0 Å². The molecule has 2 aromatic rings. The van der Waals surface area contributed by atoms with Gasteiger partial charge in [-0.3, -0.25) is 0 Å². The summed E-state index contributed by atoms with van der Waals surface area (Å²) in [5, 5.41) is 3.90. The molecule has 112 valence electrons. The summed E-state index contributed by atoms with van der Waals surface area (Å²) in [6.07, 6.45) is 1.01. The van der Waals surface area contributed by atoms with E-state index >= 15 is 0 Å². The Kier molecular flexibility index (Phi) is 6.03. The second-order valence-electron chi connectivity index (χ2n) is 5.02. The van der Waals surface area contributed by atoms with E-state index in [9.17, 15) is 4.39 Å². The minimum absolute atomic E-state index is 0.250. The van der Waals surface area contributed by atoms with Crippen molar-refractivity contribution < 1.29 is 4.39 Å². The number of para-hydroxylation sites is 1. The second kappa shape index (κ2) is 8.01. The molecule has 0 aliphatic carbocycles. The fourth-order valence-corrected chi connectivity index (χ4v) is 2.34. The van der Waals surface area contributed by atoms with Gasteiger partial charge >= 0.3 is 0 Å². The Bertz CT molecular complexity index is 560. The maximum absolute atomic E-state index is 13.1. The normalized spacial score (nSPS) is 10.6. The first-order valence-corrected chi connectivity index (χ1v) is 7.45. The van der Waals surface area contributed by atoms with Crippen LogP contribution >= 0.6 is 11.6 Å². The van der Waals surface area contributed by atoms with Crippen molar-refractivity contribution >= 4 is 17.3 Å². The van der Waals surface area contributed by atoms with Crippen LogP contribution in [0.3, 0.4) is 0 Å². The molecular formula is C17H20ClFN2. The highest BCUT2D eigenvalue weighted by atomic mass is 35.5. The standard InChI is InChI=1S/C17H20ClFN2/c1-21(16-6-3-2-4-7-16)11-5-10-20-13-14-12-15(19)8-9-17(14)18/h2-4,6-9,12,20H,5,10-11,13H2,1H3. The molecule has 0 spiro atoms. The summed E-state index contributed by atoms with van der Waals surface area (Å²) >= 11 is 6.02. The second-order valence-corrected chi connectivity index (χ2v) is 5.43. The number of halogens is 2. The molecule has 0 saturated heterocycles. The van der Waals surface area contributed by atoms with Crippen molar-refractivity contribution in [1.29, 1.82) is 0 Å². The highest BCUT2D eigenvalue weighted by Gasteiger charge is 2.02. The first-order chi connectivity index (χ1) is 10.2. The summed E-state index contributed by atoms with van der Waals surface area (Å²) < 4.78 is 13.1. The topological polar surface area (TPSA) is 15.3 Å². The molecule has 0 aliphatic rings. The van der Waals surface area contributed by atoms with Crippen molar-refractivity contribution in [1.82, 2.24) is 5.32 Å². The van der Waals surface area contributed by atoms with Crippen LogP contribution in [0.15, 0.2) is 48.5 Å². The van der Waals surface area contributed by atoms with Gasteiger partial charge in [-0.15, -0.1) is 0 Å². The molecule has 0 radical (unpaired) electrons. The van der Waals surface area contributed by atoms with Gasteiger partial charge in [0.2, 0.25) is 0 Å². The molecule has 0 aliphatic heterocycles. The molecule has 0 heterocycles. The molecular weight excluding hydrogens is 287 g/mol. The first-order valence-electron chi connectivity index (χ1n) is 7.07. The average molecular weight is 307 g/mol. The van der Waals surface area contributed by atoms with Crippen LogP contribution in [0.2, 0.25) is 5.02 Å². The van der Waals surface area contributed by atoms with Crippen molar-refractivity contribution in [2.75, 3.05) is 25.0 Å². The Morgan fingerprint density at radius 1 is 1.14 bits per heavy atom. The number of hydrogen-bond acceptors (Lipinski definition) is 2. The van der Waals surface area contributed by atoms with Gasteiger partial charge in [-0.1, -0.05) is 29.8 Å². The van der Waals surface area contributed by atoms with Gasteiger partial charge in [0, 0.05) is 30.8 Å². The van der Waals surface area contributed by atoms with Gasteiger partial charge in [-0.25, -0.2) is 4.39 Å². The van der Waals surface area contributed by atoms with Gasteiger partial charge in [-0.05, 0) is 48.9 Å². The number of hydrogen-bond donors (Lipinski definition) is 1. The van der Waals surface area contributed by atoms with Crippen LogP contribution in [0, 0.1) is 5.82 Å². The zero-order valence-electron chi connectivity index (χ0n) is 12.2. The molecule has 1 N–H and O–H groups in total. The maximum Gasteiger partial charge on any atom is 0.123 e. The van der Waals surface area contributed by atoms with E-state index in [0.29, 0.717) is 11.6 Å². The molecule has 0 saturated carbocycles. The largest absolute Gasteiger partial charge is 0.375 e. The van der Waals surface area contributed by atoms with Crippen LogP contribution in [0.1, 0.15) is 12.0 Å². The Labute approximate surface area is 130 Å². The highest BCUT2D eigenvalue weighted by Crippen LogP contribution is 2.16. The van der Waals surface area contributed by atoms with E-state index in [1.54, 1.807) is 6.07 Å². The summed E-state index contributed by atoms with van der Waals surface area (Å²) in [5.74, 6) is -0.250. The van der Waals surface area contributed by atoms with Crippen LogP contribution in [-0.4, -0.2) is 20.1 Å². The maximum atomic E-state index is 13.1. The third-order valence-corrected chi connectivity index (χ3v) is 3.74. The molecule has 0 aromatic heterocycles. The van der Waals surface area contributed by atoms with E-state index in [1.165, 1.54) is 17.8 Å². The number of anilines is 1. The van der Waals surface area contributed by atoms with Gasteiger partial charge in [0.1, 0.15) is 5.82 Å². The van der Waals surface area contributed by atoms with Gasteiger partial charge in [0.05, 0.1) is 0 Å². The zero-order valence-corrected chi connectivity index (χ0v) is 12.9. The van der Waals surface area contributed by atoms with Crippen molar-refractivity contribution in [2.24, 2.45) is 0 Å². The minimum Gasteiger partial charge on any atom is -0.375 e. The Balaban J connectivity index is 1.69. The Morgan fingerprint density at radius 3 is 2.67 bits per heavy atom. The summed E-state index contributed by atoms with van der Waals surface area (Å²) in [7, 11) is 2.08. The van der Waals surface area contributed by atoms with Crippen molar-refractivity contribution in [2.45, 2.75) is 13.0 Å². The molecule has 4 heteroatoms. The average Bonchev–Trinajstić information content (AvgIpc) is 2.51. The molecule has 0 atom stereocenters. The predicted octanol–water partition coefficient (Wildman–Crippen LogP) is 4.10. The molecule has 2 nitrogen and oxygen atoms in total. The van der Waals surface area contributed by atoms with Crippen molar-refractivity contribution in [3.8, 4) is 0 Å². The molecule has 2 aromatic carbocycles. The van der Waals surface area contributed by atoms with E-state index in [1.807, 2.05) is 18.2 Å². The lowest BCUT2D eigenvalue weighted by Gasteiger charge is -2.19. The summed E-state index contributed by atoms with van der Waals surface area (Å²) in [6.45, 7) is 2.42. The third kappa shape index (κ3) is 5.03. The van der Waals surface area contributed by atoms with E-state index < -0.39 is 0 Å². The molecule has 21 heavy (non-hydrogen) atoms. The summed E-state index contributed by atoms with van der Waals surface area (Å²) in [4.78, 5) is 2.22. The summed E-state index contributed by atoms with van der Waals surface area (Å²) in [5.41, 5.74) is 2.01. The van der Waals surface area contributed by atoms with Gasteiger partial charge in [0.25, 0.3) is 0 Å². The molecule has 0 unspecified atom stereocenters. The highest BCUT2D eigenvalue weighted by molar-refractivity contribution is 6.31. The smallest absolute Gasteiger partial charge is 0.123 e. The van der Waals surface area contributed by atoms with Crippen LogP contribution in [0.4, 0.5) is 10.1 Å². The Hall–Kier alpha value is -1.58. The minimum atomic E-state index is -0.250. The van der Waals surface area contributed by atoms with Crippen LogP contribution in [0.5, 0.6) is 0 Å². The lowest BCUT2D eigenvalue weighted by molar-refractivity contribution is 0.615. The van der Waals surface area contributed by atoms with Crippen LogP contribution < -0.4 is 10.2 Å². The van der Waals surface area contributed by atoms with E-state index in [0.717, 1.165) is 25.1 Å². The number of benzene rings is 2. The lowest BCUT2D eigenvalue weighted by Crippen LogP contribution is -2.23. The third-order valence-electron chi connectivity index (χ3n) is 3.37. The van der Waals surface area contributed by atoms with E-state index in [4.69, 9.17) is 11.6 Å². The monoisotopic (exact) mass is 306 g/mol. The van der Waals surface area contributed by atoms with E-state index in [-0.39, 0.29) is 5.82 Å². The molecule has 0 amide bonds. The van der Waals surface area contributed by atoms with Gasteiger partial charge < -0.3 is 10.2 Å². The van der Waals surface area contributed by atoms with E-state index in [2.05, 4.69) is 29.4 Å². The first kappa shape index (κ1) is 15.8. The molecule has 0 bridgehead atoms. The zero-order chi connectivity index (χ0) is 15.1. The SMILES string of the molecule is CN(CCCNCc1cc(F)ccc1Cl)c1ccccc1. The quantitative estimate of drug-likeness (QED) is 0.775. The van der Waals surface area contributed by atoms with Crippen molar-refractivity contribution in [3.63, 3.8) is 0 Å². The number of rotatable bonds is 7. The fraction of sp³-hybridized carbons (Fsp3) is 0.294. The lowest BCUT2D eigenvalue weighted by atomic mass is 10.2. The van der Waals surface area contributed by atoms with Gasteiger partial charge in [-0.2, -0.15) is 0 Å². The fourth-order valence-electron chi connectivity index (χ4n) is 2.15. The molecule has 2 rings (SSSR count). The summed E-state index contributed by atoms with van der Waals surface area (Å²) in [6, 6.07) is 14.7.